The Morgan fingerprint density at radius 2 is 1.90 bits per heavy atom. The first-order chi connectivity index (χ1) is 9.60. The fourth-order valence-electron chi connectivity index (χ4n) is 2.26. The Morgan fingerprint density at radius 3 is 2.50 bits per heavy atom. The van der Waals surface area contributed by atoms with Crippen LogP contribution in [0.2, 0.25) is 0 Å². The lowest BCUT2D eigenvalue weighted by Gasteiger charge is -2.12. The zero-order valence-electron chi connectivity index (χ0n) is 13.0. The van der Waals surface area contributed by atoms with Crippen molar-refractivity contribution in [2.45, 2.75) is 53.0 Å². The van der Waals surface area contributed by atoms with Gasteiger partial charge in [0.15, 0.2) is 0 Å². The Balaban J connectivity index is 2.22. The molecule has 1 aromatic carbocycles. The Labute approximate surface area is 122 Å². The summed E-state index contributed by atoms with van der Waals surface area (Å²) in [6, 6.07) is 9.17. The van der Waals surface area contributed by atoms with Crippen molar-refractivity contribution >= 4 is 5.95 Å². The molecule has 0 bridgehead atoms. The van der Waals surface area contributed by atoms with E-state index in [0.717, 1.165) is 23.8 Å². The molecule has 0 fully saturated rings. The molecule has 0 spiro atoms. The van der Waals surface area contributed by atoms with E-state index in [0.29, 0.717) is 6.04 Å². The van der Waals surface area contributed by atoms with E-state index in [4.69, 9.17) is 0 Å². The lowest BCUT2D eigenvalue weighted by atomic mass is 10.1. The van der Waals surface area contributed by atoms with E-state index in [-0.39, 0.29) is 0 Å². The van der Waals surface area contributed by atoms with Crippen LogP contribution in [0.1, 0.15) is 44.9 Å². The van der Waals surface area contributed by atoms with E-state index in [1.807, 2.05) is 6.92 Å². The summed E-state index contributed by atoms with van der Waals surface area (Å²) in [5, 5.41) is 3.39. The maximum atomic E-state index is 4.55. The van der Waals surface area contributed by atoms with E-state index < -0.39 is 0 Å². The third-order valence-corrected chi connectivity index (χ3v) is 3.28. The van der Waals surface area contributed by atoms with Crippen LogP contribution in [0.3, 0.4) is 0 Å². The summed E-state index contributed by atoms with van der Waals surface area (Å²) in [6.07, 6.45) is 5.73. The van der Waals surface area contributed by atoms with E-state index >= 15 is 0 Å². The van der Waals surface area contributed by atoms with Gasteiger partial charge in [0.1, 0.15) is 0 Å². The molecule has 3 heteroatoms. The first kappa shape index (κ1) is 14.6. The Hall–Kier alpha value is -1.77. The summed E-state index contributed by atoms with van der Waals surface area (Å²) in [6.45, 7) is 8.51. The second kappa shape index (κ2) is 6.60. The molecule has 0 aliphatic rings. The topological polar surface area (TPSA) is 29.9 Å². The number of anilines is 1. The smallest absolute Gasteiger partial charge is 0.207 e. The van der Waals surface area contributed by atoms with Crippen LogP contribution in [-0.4, -0.2) is 15.6 Å². The number of aryl methyl sites for hydroxylation is 2. The standard InChI is InChI=1S/C17H25N3/c1-5-6-7-15-8-10-16(11-9-15)20-12-14(4)19-17(20)18-13(2)3/h8-13H,5-7H2,1-4H3,(H,18,19). The number of benzene rings is 1. The Morgan fingerprint density at radius 1 is 1.20 bits per heavy atom. The van der Waals surface area contributed by atoms with E-state index in [2.05, 4.69) is 66.1 Å². The van der Waals surface area contributed by atoms with Gasteiger partial charge in [-0.2, -0.15) is 0 Å². The van der Waals surface area contributed by atoms with Crippen molar-refractivity contribution in [1.82, 2.24) is 9.55 Å². The number of rotatable bonds is 6. The molecule has 2 rings (SSSR count). The molecule has 1 heterocycles. The van der Waals surface area contributed by atoms with Crippen LogP contribution >= 0.6 is 0 Å². The molecule has 2 aromatic rings. The van der Waals surface area contributed by atoms with Gasteiger partial charge < -0.3 is 5.32 Å². The van der Waals surface area contributed by atoms with Gasteiger partial charge in [0.2, 0.25) is 5.95 Å². The molecule has 0 aliphatic heterocycles. The van der Waals surface area contributed by atoms with Crippen molar-refractivity contribution in [1.29, 1.82) is 0 Å². The maximum absolute atomic E-state index is 4.55. The van der Waals surface area contributed by atoms with Gasteiger partial charge >= 0.3 is 0 Å². The third kappa shape index (κ3) is 3.62. The molecule has 20 heavy (non-hydrogen) atoms. The van der Waals surface area contributed by atoms with Crippen LogP contribution in [0.25, 0.3) is 5.69 Å². The molecule has 1 N–H and O–H groups in total. The van der Waals surface area contributed by atoms with E-state index in [9.17, 15) is 0 Å². The Bertz CT molecular complexity index is 538. The minimum Gasteiger partial charge on any atom is -0.353 e. The molecular formula is C17H25N3. The van der Waals surface area contributed by atoms with Crippen molar-refractivity contribution in [2.75, 3.05) is 5.32 Å². The van der Waals surface area contributed by atoms with Crippen molar-refractivity contribution < 1.29 is 0 Å². The predicted octanol–water partition coefficient (Wildman–Crippen LogP) is 4.34. The van der Waals surface area contributed by atoms with Crippen molar-refractivity contribution in [2.24, 2.45) is 0 Å². The number of hydrogen-bond acceptors (Lipinski definition) is 2. The zero-order valence-corrected chi connectivity index (χ0v) is 13.0. The van der Waals surface area contributed by atoms with Gasteiger partial charge in [0.05, 0.1) is 5.69 Å². The monoisotopic (exact) mass is 271 g/mol. The molecule has 0 amide bonds. The molecular weight excluding hydrogens is 246 g/mol. The van der Waals surface area contributed by atoms with Crippen molar-refractivity contribution in [3.8, 4) is 5.69 Å². The highest BCUT2D eigenvalue weighted by molar-refractivity contribution is 5.44. The fraction of sp³-hybridized carbons (Fsp3) is 0.471. The number of imidazole rings is 1. The molecule has 0 radical (unpaired) electrons. The molecule has 3 nitrogen and oxygen atoms in total. The van der Waals surface area contributed by atoms with Crippen LogP contribution < -0.4 is 5.32 Å². The average Bonchev–Trinajstić information content (AvgIpc) is 2.77. The molecule has 1 aromatic heterocycles. The van der Waals surface area contributed by atoms with Crippen molar-refractivity contribution in [3.05, 3.63) is 41.7 Å². The molecule has 0 aliphatic carbocycles. The molecule has 0 saturated carbocycles. The van der Waals surface area contributed by atoms with Crippen LogP contribution in [0, 0.1) is 6.92 Å². The second-order valence-corrected chi connectivity index (χ2v) is 5.64. The highest BCUT2D eigenvalue weighted by Crippen LogP contribution is 2.18. The van der Waals surface area contributed by atoms with Gasteiger partial charge in [0, 0.05) is 17.9 Å². The molecule has 0 saturated heterocycles. The van der Waals surface area contributed by atoms with Gasteiger partial charge in [-0.15, -0.1) is 0 Å². The van der Waals surface area contributed by atoms with Gasteiger partial charge in [-0.25, -0.2) is 4.98 Å². The van der Waals surface area contributed by atoms with E-state index in [1.54, 1.807) is 0 Å². The summed E-state index contributed by atoms with van der Waals surface area (Å²) in [5.41, 5.74) is 3.60. The minimum absolute atomic E-state index is 0.374. The average molecular weight is 271 g/mol. The number of hydrogen-bond donors (Lipinski definition) is 1. The SMILES string of the molecule is CCCCc1ccc(-n2cc(C)nc2NC(C)C)cc1. The van der Waals surface area contributed by atoms with Gasteiger partial charge in [0.25, 0.3) is 0 Å². The fourth-order valence-corrected chi connectivity index (χ4v) is 2.26. The number of nitrogens with one attached hydrogen (secondary N) is 1. The maximum Gasteiger partial charge on any atom is 0.207 e. The van der Waals surface area contributed by atoms with Gasteiger partial charge in [-0.3, -0.25) is 4.57 Å². The summed E-state index contributed by atoms with van der Waals surface area (Å²) in [5.74, 6) is 0.916. The van der Waals surface area contributed by atoms with Crippen LogP contribution in [0.4, 0.5) is 5.95 Å². The summed E-state index contributed by atoms with van der Waals surface area (Å²) in [4.78, 5) is 4.55. The first-order valence-corrected chi connectivity index (χ1v) is 7.52. The quantitative estimate of drug-likeness (QED) is 0.846. The molecule has 108 valence electrons. The van der Waals surface area contributed by atoms with E-state index in [1.165, 1.54) is 18.4 Å². The largest absolute Gasteiger partial charge is 0.353 e. The number of aromatic nitrogens is 2. The van der Waals surface area contributed by atoms with Crippen molar-refractivity contribution in [3.63, 3.8) is 0 Å². The zero-order chi connectivity index (χ0) is 14.5. The van der Waals surface area contributed by atoms with Crippen LogP contribution in [-0.2, 0) is 6.42 Å². The normalized spacial score (nSPS) is 11.1. The number of nitrogens with zero attached hydrogens (tertiary/aromatic N) is 2. The number of unbranched alkanes of at least 4 members (excludes halogenated alkanes) is 1. The minimum atomic E-state index is 0.374. The second-order valence-electron chi connectivity index (χ2n) is 5.64. The Kier molecular flexibility index (Phi) is 4.83. The first-order valence-electron chi connectivity index (χ1n) is 7.52. The summed E-state index contributed by atoms with van der Waals surface area (Å²) < 4.78 is 2.12. The third-order valence-electron chi connectivity index (χ3n) is 3.28. The summed E-state index contributed by atoms with van der Waals surface area (Å²) >= 11 is 0. The van der Waals surface area contributed by atoms with Gasteiger partial charge in [-0.05, 0) is 51.3 Å². The lowest BCUT2D eigenvalue weighted by molar-refractivity contribution is 0.794. The lowest BCUT2D eigenvalue weighted by Crippen LogP contribution is -2.13. The van der Waals surface area contributed by atoms with Crippen LogP contribution in [0.5, 0.6) is 0 Å². The molecule has 0 atom stereocenters. The highest BCUT2D eigenvalue weighted by atomic mass is 15.2. The van der Waals surface area contributed by atoms with Crippen LogP contribution in [0.15, 0.2) is 30.5 Å². The predicted molar refractivity (Wildman–Crippen MR) is 85.7 cm³/mol. The summed E-state index contributed by atoms with van der Waals surface area (Å²) in [7, 11) is 0. The van der Waals surface area contributed by atoms with Gasteiger partial charge in [-0.1, -0.05) is 25.5 Å². The highest BCUT2D eigenvalue weighted by Gasteiger charge is 2.08. The molecule has 0 unspecified atom stereocenters.